The van der Waals surface area contributed by atoms with E-state index in [1.165, 1.54) is 22.5 Å². The fourth-order valence-corrected chi connectivity index (χ4v) is 7.55. The lowest BCUT2D eigenvalue weighted by molar-refractivity contribution is -0.274. The number of aromatic hydroxyl groups is 1. The molecule has 234 valence electrons. The minimum absolute atomic E-state index is 0.0746. The number of allylic oxidation sites excluding steroid dienone is 4. The van der Waals surface area contributed by atoms with Crippen molar-refractivity contribution in [3.63, 3.8) is 0 Å². The minimum Gasteiger partial charge on any atom is -0.508 e. The number of halogens is 3. The number of aromatic nitrogens is 3. The highest BCUT2D eigenvalue weighted by atomic mass is 19.4. The highest BCUT2D eigenvalue weighted by Gasteiger charge is 2.63. The number of hydrogen-bond donors (Lipinski definition) is 1. The highest BCUT2D eigenvalue weighted by molar-refractivity contribution is 6.31. The van der Waals surface area contributed by atoms with Crippen LogP contribution in [0, 0.1) is 5.92 Å². The van der Waals surface area contributed by atoms with Gasteiger partial charge in [-0.2, -0.15) is 0 Å². The predicted octanol–water partition coefficient (Wildman–Crippen LogP) is 4.41. The molecule has 0 bridgehead atoms. The lowest BCUT2D eigenvalue weighted by atomic mass is 9.47. The number of ether oxygens (including phenoxy) is 1. The summed E-state index contributed by atoms with van der Waals surface area (Å²) in [4.78, 5) is 56.0. The number of rotatable bonds is 4. The van der Waals surface area contributed by atoms with E-state index in [0.29, 0.717) is 16.7 Å². The maximum Gasteiger partial charge on any atom is 0.573 e. The van der Waals surface area contributed by atoms with Crippen LogP contribution in [0.4, 0.5) is 13.2 Å². The van der Waals surface area contributed by atoms with E-state index in [-0.39, 0.29) is 24.1 Å². The monoisotopic (exact) mass is 629 g/mol. The lowest BCUT2D eigenvalue weighted by Gasteiger charge is -2.54. The van der Waals surface area contributed by atoms with Crippen molar-refractivity contribution in [2.45, 2.75) is 36.7 Å². The van der Waals surface area contributed by atoms with E-state index in [2.05, 4.69) is 4.74 Å². The van der Waals surface area contributed by atoms with Crippen LogP contribution in [0.5, 0.6) is 11.5 Å². The van der Waals surface area contributed by atoms with Gasteiger partial charge in [0, 0.05) is 30.0 Å². The summed E-state index contributed by atoms with van der Waals surface area (Å²) in [5, 5.41) is 11.3. The number of hydrogen-bond acceptors (Lipinski definition) is 6. The zero-order valence-electron chi connectivity index (χ0n) is 24.3. The fourth-order valence-electron chi connectivity index (χ4n) is 7.55. The summed E-state index contributed by atoms with van der Waals surface area (Å²) < 4.78 is 47.8. The highest BCUT2D eigenvalue weighted by Crippen LogP contribution is 2.62. The van der Waals surface area contributed by atoms with Gasteiger partial charge in [0.2, 0.25) is 0 Å². The van der Waals surface area contributed by atoms with Gasteiger partial charge in [-0.15, -0.1) is 13.2 Å². The second kappa shape index (κ2) is 10.3. The van der Waals surface area contributed by atoms with E-state index in [1.54, 1.807) is 66.7 Å². The van der Waals surface area contributed by atoms with E-state index in [9.17, 15) is 37.5 Å². The molecule has 1 aliphatic heterocycles. The molecule has 0 amide bonds. The summed E-state index contributed by atoms with van der Waals surface area (Å²) >= 11 is 0. The van der Waals surface area contributed by atoms with Crippen LogP contribution in [0.25, 0.3) is 5.57 Å². The second-order valence-electron chi connectivity index (χ2n) is 11.6. The first-order chi connectivity index (χ1) is 21.9. The van der Waals surface area contributed by atoms with Crippen LogP contribution >= 0.6 is 0 Å². The number of carbonyl (C=O) groups is 2. The Kier molecular flexibility index (Phi) is 6.59. The molecule has 1 saturated carbocycles. The molecule has 9 nitrogen and oxygen atoms in total. The number of phenolic OH excluding ortho intramolecular Hbond substituents is 1. The number of nitrogens with zero attached hydrogens (tertiary/aromatic N) is 3. The summed E-state index contributed by atoms with van der Waals surface area (Å²) in [6, 6.07) is 19.1. The summed E-state index contributed by atoms with van der Waals surface area (Å²) in [5.41, 5.74) is -1.60. The molecular formula is C34H26F3N3O6. The van der Waals surface area contributed by atoms with Gasteiger partial charge in [0.05, 0.1) is 18.0 Å². The largest absolute Gasteiger partial charge is 0.573 e. The normalized spacial score (nSPS) is 24.0. The molecule has 4 atom stereocenters. The second-order valence-corrected chi connectivity index (χ2v) is 11.6. The first-order valence-electron chi connectivity index (χ1n) is 14.5. The molecule has 1 fully saturated rings. The molecule has 4 aromatic rings. The van der Waals surface area contributed by atoms with Crippen LogP contribution in [0.2, 0.25) is 0 Å². The lowest BCUT2D eigenvalue weighted by Crippen LogP contribution is -2.58. The molecule has 46 heavy (non-hydrogen) atoms. The molecule has 2 heterocycles. The van der Waals surface area contributed by atoms with Gasteiger partial charge in [0.15, 0.2) is 11.6 Å². The Morgan fingerprint density at radius 1 is 0.913 bits per heavy atom. The van der Waals surface area contributed by atoms with Crippen molar-refractivity contribution in [3.8, 4) is 11.5 Å². The summed E-state index contributed by atoms with van der Waals surface area (Å²) in [7, 11) is 1.33. The van der Waals surface area contributed by atoms with Crippen molar-refractivity contribution in [3.05, 3.63) is 134 Å². The van der Waals surface area contributed by atoms with Crippen LogP contribution in [-0.2, 0) is 28.6 Å². The molecule has 0 spiro atoms. The van der Waals surface area contributed by atoms with Gasteiger partial charge >= 0.3 is 17.7 Å². The van der Waals surface area contributed by atoms with E-state index < -0.39 is 64.1 Å². The molecule has 12 heteroatoms. The van der Waals surface area contributed by atoms with E-state index >= 15 is 0 Å². The van der Waals surface area contributed by atoms with Crippen molar-refractivity contribution < 1.29 is 32.6 Å². The Balaban J connectivity index is 1.57. The van der Waals surface area contributed by atoms with E-state index in [1.807, 2.05) is 0 Å². The number of benzene rings is 3. The smallest absolute Gasteiger partial charge is 0.508 e. The Morgan fingerprint density at radius 3 is 2.26 bits per heavy atom. The maximum absolute atomic E-state index is 14.9. The van der Waals surface area contributed by atoms with Gasteiger partial charge in [-0.1, -0.05) is 66.7 Å². The standard InChI is InChI=1S/C34H26F3N3O6/c1-38-31(44)39-15-14-22-26(40(39)32(38)45)18-25-30(43)23(19-8-4-2-5-9-19)17-28(42)33(25,20-10-6-3-7-11-20)29(22)24-16-21(12-13-27(24)41)46-34(35,36)37/h2-14,16-17,25-26,29,41H,15,18H2,1H3/t25-,26+,29+,33-/m0/s1. The maximum atomic E-state index is 14.9. The number of fused-ring (bicyclic) bond motifs is 4. The topological polar surface area (TPSA) is 113 Å². The first-order valence-corrected chi connectivity index (χ1v) is 14.5. The molecule has 3 aliphatic rings. The Labute approximate surface area is 259 Å². The molecule has 0 unspecified atom stereocenters. The Morgan fingerprint density at radius 2 is 1.59 bits per heavy atom. The molecular weight excluding hydrogens is 603 g/mol. The van der Waals surface area contributed by atoms with Crippen LogP contribution < -0.4 is 16.1 Å². The Hall–Kier alpha value is -5.39. The van der Waals surface area contributed by atoms with Gasteiger partial charge < -0.3 is 9.84 Å². The van der Waals surface area contributed by atoms with Crippen molar-refractivity contribution in [2.75, 3.05) is 0 Å². The average Bonchev–Trinajstić information content (AvgIpc) is 3.26. The van der Waals surface area contributed by atoms with E-state index in [0.717, 1.165) is 22.8 Å². The summed E-state index contributed by atoms with van der Waals surface area (Å²) in [5.74, 6) is -4.37. The van der Waals surface area contributed by atoms with Crippen LogP contribution in [-0.4, -0.2) is 37.0 Å². The average molecular weight is 630 g/mol. The van der Waals surface area contributed by atoms with Gasteiger partial charge in [-0.05, 0) is 47.4 Å². The van der Waals surface area contributed by atoms with Crippen LogP contribution in [0.1, 0.15) is 35.1 Å². The zero-order valence-corrected chi connectivity index (χ0v) is 24.3. The third kappa shape index (κ3) is 4.23. The molecule has 3 aromatic carbocycles. The number of carbonyl (C=O) groups excluding carboxylic acids is 2. The molecule has 2 aliphatic carbocycles. The number of alkyl halides is 3. The van der Waals surface area contributed by atoms with Crippen molar-refractivity contribution in [1.82, 2.24) is 13.9 Å². The summed E-state index contributed by atoms with van der Waals surface area (Å²) in [6.45, 7) is -0.0838. The molecule has 1 N–H and O–H groups in total. The van der Waals surface area contributed by atoms with Crippen molar-refractivity contribution in [2.24, 2.45) is 13.0 Å². The van der Waals surface area contributed by atoms with Gasteiger partial charge in [-0.25, -0.2) is 23.5 Å². The SMILES string of the molecule is Cn1c(=O)n2n(c1=O)[C@@H]1C[C@H]3C(=O)C(c4ccccc4)=CC(=O)[C@@]3(c3ccccc3)[C@@H](c3cc(OC(F)(F)F)ccc3O)C1=CC2. The molecule has 0 saturated heterocycles. The van der Waals surface area contributed by atoms with Gasteiger partial charge in [0.1, 0.15) is 11.5 Å². The number of ketones is 2. The summed E-state index contributed by atoms with van der Waals surface area (Å²) in [6.07, 6.45) is -2.20. The van der Waals surface area contributed by atoms with E-state index in [4.69, 9.17) is 0 Å². The Bertz CT molecular complexity index is 2090. The van der Waals surface area contributed by atoms with Crippen molar-refractivity contribution in [1.29, 1.82) is 0 Å². The third-order valence-corrected chi connectivity index (χ3v) is 9.37. The quantitative estimate of drug-likeness (QED) is 0.335. The first kappa shape index (κ1) is 29.3. The van der Waals surface area contributed by atoms with Crippen LogP contribution in [0.3, 0.4) is 0 Å². The van der Waals surface area contributed by atoms with Crippen molar-refractivity contribution >= 4 is 17.1 Å². The fraction of sp³-hybridized carbons (Fsp3) is 0.235. The number of phenols is 1. The van der Waals surface area contributed by atoms with Gasteiger partial charge in [-0.3, -0.25) is 9.59 Å². The van der Waals surface area contributed by atoms with Gasteiger partial charge in [0.25, 0.3) is 0 Å². The molecule has 0 radical (unpaired) electrons. The zero-order chi connectivity index (χ0) is 32.5. The molecule has 7 rings (SSSR count). The van der Waals surface area contributed by atoms with Crippen LogP contribution in [0.15, 0.2) is 106 Å². The third-order valence-electron chi connectivity index (χ3n) is 9.37. The molecule has 1 aromatic heterocycles. The number of Topliss-reactive ketones (excluding diaryl/α,β-unsaturated/α-hetero) is 1. The predicted molar refractivity (Wildman–Crippen MR) is 159 cm³/mol. The minimum atomic E-state index is -5.05.